The number of nitrogens with zero attached hydrogens (tertiary/aromatic N) is 4. The summed E-state index contributed by atoms with van der Waals surface area (Å²) >= 11 is 0. The quantitative estimate of drug-likeness (QED) is 0.361. The van der Waals surface area contributed by atoms with Gasteiger partial charge < -0.3 is 24.5 Å². The third-order valence-corrected chi connectivity index (χ3v) is 5.05. The van der Waals surface area contributed by atoms with Crippen molar-refractivity contribution in [3.63, 3.8) is 0 Å². The lowest BCUT2D eigenvalue weighted by Gasteiger charge is -2.27. The predicted octanol–water partition coefficient (Wildman–Crippen LogP) is 1.15. The molecule has 2 aromatic heterocycles. The van der Waals surface area contributed by atoms with Crippen LogP contribution in [-0.2, 0) is 28.6 Å². The maximum absolute atomic E-state index is 13.6. The van der Waals surface area contributed by atoms with Crippen molar-refractivity contribution >= 4 is 17.8 Å². The van der Waals surface area contributed by atoms with E-state index in [1.807, 2.05) is 0 Å². The van der Waals surface area contributed by atoms with Gasteiger partial charge in [0.1, 0.15) is 11.6 Å². The Kier molecular flexibility index (Phi) is 7.38. The molecule has 38 heavy (non-hydrogen) atoms. The van der Waals surface area contributed by atoms with E-state index in [2.05, 4.69) is 25.8 Å². The number of methoxy groups -OCH3 is 1. The Bertz CT molecular complexity index is 1500. The summed E-state index contributed by atoms with van der Waals surface area (Å²) in [6.45, 7) is 0.668. The highest BCUT2D eigenvalue weighted by Crippen LogP contribution is 2.22. The fourth-order valence-corrected chi connectivity index (χ4v) is 3.17. The molecule has 2 amide bonds. The Morgan fingerprint density at radius 2 is 1.89 bits per heavy atom. The molecule has 0 spiro atoms. The number of benzene rings is 1. The van der Waals surface area contributed by atoms with E-state index < -0.39 is 64.8 Å². The normalized spacial score (nSPS) is 12.7. The van der Waals surface area contributed by atoms with Gasteiger partial charge in [-0.1, -0.05) is 12.1 Å². The van der Waals surface area contributed by atoms with Crippen LogP contribution in [0.4, 0.5) is 4.39 Å². The van der Waals surface area contributed by atoms with Crippen LogP contribution in [0.15, 0.2) is 33.5 Å². The molecule has 0 atom stereocenters. The van der Waals surface area contributed by atoms with E-state index in [0.717, 1.165) is 0 Å². The standard InChI is InChI=1S/C24H27FN6O7/c1-13-29-30-21(37-13)20(34)28-24(2,3)23-27-17(19(33)26-12-14-6-8-15(25)9-7-14)18(22(35)31(23)4)38-16(32)10-11-36-5/h6-9H,10-12H2,1-5H3,(H,26,33)(H,28,34)/i4D3. The van der Waals surface area contributed by atoms with Crippen molar-refractivity contribution in [2.45, 2.75) is 39.3 Å². The summed E-state index contributed by atoms with van der Waals surface area (Å²) in [7, 11) is 1.32. The number of rotatable bonds is 10. The second-order valence-corrected chi connectivity index (χ2v) is 8.49. The van der Waals surface area contributed by atoms with Crippen LogP contribution >= 0.6 is 0 Å². The Labute approximate surface area is 220 Å². The zero-order valence-corrected chi connectivity index (χ0v) is 21.0. The van der Waals surface area contributed by atoms with Gasteiger partial charge >= 0.3 is 17.8 Å². The molecule has 0 bridgehead atoms. The predicted molar refractivity (Wildman–Crippen MR) is 129 cm³/mol. The number of carbonyl (C=O) groups excluding carboxylic acids is 3. The summed E-state index contributed by atoms with van der Waals surface area (Å²) in [6.07, 6.45) is -0.326. The Hall–Kier alpha value is -4.46. The molecule has 3 aromatic rings. The topological polar surface area (TPSA) is 168 Å². The summed E-state index contributed by atoms with van der Waals surface area (Å²) in [5.74, 6) is -5.31. The molecule has 0 saturated carbocycles. The highest BCUT2D eigenvalue weighted by atomic mass is 19.1. The lowest BCUT2D eigenvalue weighted by molar-refractivity contribution is -0.135. The molecule has 0 aliphatic rings. The first kappa shape index (κ1) is 23.9. The van der Waals surface area contributed by atoms with Crippen molar-refractivity contribution in [2.24, 2.45) is 6.98 Å². The molecule has 0 aliphatic heterocycles. The van der Waals surface area contributed by atoms with Crippen LogP contribution in [0.25, 0.3) is 0 Å². The average Bonchev–Trinajstić information content (AvgIpc) is 3.33. The smallest absolute Gasteiger partial charge is 0.313 e. The maximum atomic E-state index is 13.6. The maximum Gasteiger partial charge on any atom is 0.313 e. The summed E-state index contributed by atoms with van der Waals surface area (Å²) in [5.41, 5.74) is -3.37. The zero-order valence-electron chi connectivity index (χ0n) is 24.0. The first-order chi connectivity index (χ1) is 19.1. The Morgan fingerprint density at radius 3 is 2.50 bits per heavy atom. The van der Waals surface area contributed by atoms with Crippen molar-refractivity contribution < 1.29 is 36.8 Å². The number of aryl methyl sites for hydroxylation is 1. The monoisotopic (exact) mass is 533 g/mol. The number of hydrogen-bond acceptors (Lipinski definition) is 10. The fraction of sp³-hybridized carbons (Fsp3) is 0.375. The van der Waals surface area contributed by atoms with Gasteiger partial charge in [0.2, 0.25) is 11.6 Å². The second-order valence-electron chi connectivity index (χ2n) is 8.49. The molecule has 0 unspecified atom stereocenters. The van der Waals surface area contributed by atoms with Gasteiger partial charge in [0.25, 0.3) is 11.5 Å². The van der Waals surface area contributed by atoms with Gasteiger partial charge in [0.15, 0.2) is 5.69 Å². The minimum absolute atomic E-state index is 0.0852. The molecule has 2 heterocycles. The number of aromatic nitrogens is 4. The molecular weight excluding hydrogens is 503 g/mol. The largest absolute Gasteiger partial charge is 0.418 e. The molecule has 13 nitrogen and oxygen atoms in total. The van der Waals surface area contributed by atoms with Crippen LogP contribution < -0.4 is 20.9 Å². The van der Waals surface area contributed by atoms with Crippen molar-refractivity contribution in [2.75, 3.05) is 13.7 Å². The van der Waals surface area contributed by atoms with E-state index in [-0.39, 0.29) is 30.0 Å². The van der Waals surface area contributed by atoms with Crippen LogP contribution in [0.2, 0.25) is 0 Å². The minimum atomic E-state index is -3.20. The summed E-state index contributed by atoms with van der Waals surface area (Å²) in [6, 6.07) is 5.16. The number of carbonyl (C=O) groups is 3. The van der Waals surface area contributed by atoms with Gasteiger partial charge in [-0.25, -0.2) is 9.37 Å². The van der Waals surface area contributed by atoms with Crippen LogP contribution in [0.3, 0.4) is 0 Å². The number of nitrogens with one attached hydrogen (secondary N) is 2. The van der Waals surface area contributed by atoms with Crippen LogP contribution in [-0.4, -0.2) is 51.2 Å². The first-order valence-electron chi connectivity index (χ1n) is 12.7. The van der Waals surface area contributed by atoms with Gasteiger partial charge in [-0.05, 0) is 31.5 Å². The van der Waals surface area contributed by atoms with E-state index in [1.54, 1.807) is 0 Å². The van der Waals surface area contributed by atoms with Crippen molar-refractivity contribution in [3.8, 4) is 5.75 Å². The Morgan fingerprint density at radius 1 is 1.18 bits per heavy atom. The molecule has 0 saturated heterocycles. The molecule has 14 heteroatoms. The zero-order chi connectivity index (χ0) is 30.5. The van der Waals surface area contributed by atoms with Crippen molar-refractivity contribution in [3.05, 3.63) is 69.3 Å². The molecule has 0 radical (unpaired) electrons. The molecule has 0 aliphatic carbocycles. The van der Waals surface area contributed by atoms with Crippen molar-refractivity contribution in [1.82, 2.24) is 30.4 Å². The average molecular weight is 534 g/mol. The lowest BCUT2D eigenvalue weighted by Crippen LogP contribution is -2.46. The van der Waals surface area contributed by atoms with Gasteiger partial charge in [0.05, 0.1) is 18.6 Å². The van der Waals surface area contributed by atoms with E-state index in [4.69, 9.17) is 18.0 Å². The van der Waals surface area contributed by atoms with Gasteiger partial charge in [-0.3, -0.25) is 23.7 Å². The second kappa shape index (κ2) is 11.7. The number of ether oxygens (including phenoxy) is 2. The van der Waals surface area contributed by atoms with Crippen LogP contribution in [0.5, 0.6) is 5.75 Å². The summed E-state index contributed by atoms with van der Waals surface area (Å²) < 4.78 is 52.5. The minimum Gasteiger partial charge on any atom is -0.418 e. The van der Waals surface area contributed by atoms with E-state index in [0.29, 0.717) is 5.56 Å². The highest BCUT2D eigenvalue weighted by molar-refractivity contribution is 5.95. The van der Waals surface area contributed by atoms with Crippen LogP contribution in [0, 0.1) is 12.7 Å². The molecule has 1 aromatic carbocycles. The number of amides is 2. The SMILES string of the molecule is [2H]C([2H])([2H])n1c(C(C)(C)NC(=O)c2nnc(C)o2)nc(C(=O)NCc2ccc(F)cc2)c(OC(=O)CCOC)c1=O. The molecular formula is C24H27FN6O7. The van der Waals surface area contributed by atoms with Crippen LogP contribution in [0.1, 0.15) is 62.8 Å². The lowest BCUT2D eigenvalue weighted by atomic mass is 10.0. The molecule has 2 N–H and O–H groups in total. The van der Waals surface area contributed by atoms with Crippen molar-refractivity contribution in [1.29, 1.82) is 0 Å². The van der Waals surface area contributed by atoms with Gasteiger partial charge in [-0.15, -0.1) is 10.2 Å². The third-order valence-electron chi connectivity index (χ3n) is 5.05. The van der Waals surface area contributed by atoms with E-state index >= 15 is 0 Å². The van der Waals surface area contributed by atoms with E-state index in [9.17, 15) is 23.6 Å². The number of hydrogen-bond donors (Lipinski definition) is 2. The third kappa shape index (κ3) is 6.64. The Balaban J connectivity index is 2.13. The fourth-order valence-electron chi connectivity index (χ4n) is 3.17. The summed E-state index contributed by atoms with van der Waals surface area (Å²) in [4.78, 5) is 56.1. The number of halogens is 1. The number of esters is 1. The van der Waals surface area contributed by atoms with Gasteiger partial charge in [0, 0.05) is 31.7 Å². The molecule has 202 valence electrons. The molecule has 3 rings (SSSR count). The highest BCUT2D eigenvalue weighted by Gasteiger charge is 2.33. The van der Waals surface area contributed by atoms with Gasteiger partial charge in [-0.2, -0.15) is 0 Å². The summed E-state index contributed by atoms with van der Waals surface area (Å²) in [5, 5.41) is 12.1. The molecule has 0 fully saturated rings. The van der Waals surface area contributed by atoms with E-state index in [1.165, 1.54) is 52.1 Å². The first-order valence-corrected chi connectivity index (χ1v) is 11.2.